The van der Waals surface area contributed by atoms with Crippen molar-refractivity contribution in [3.05, 3.63) is 16.6 Å². The van der Waals surface area contributed by atoms with Gasteiger partial charge in [-0.1, -0.05) is 0 Å². The Morgan fingerprint density at radius 1 is 1.50 bits per heavy atom. The molecule has 1 N–H and O–H groups in total. The van der Waals surface area contributed by atoms with Crippen LogP contribution in [0, 0.1) is 5.92 Å². The molecule has 0 saturated carbocycles. The lowest BCUT2D eigenvalue weighted by atomic mass is 9.89. The zero-order valence-electron chi connectivity index (χ0n) is 9.78. The fourth-order valence-corrected chi connectivity index (χ4v) is 3.77. The molecular weight excluding hydrogens is 252 g/mol. The average molecular weight is 266 g/mol. The van der Waals surface area contributed by atoms with Gasteiger partial charge in [0, 0.05) is 17.5 Å². The number of carbonyl (C=O) groups excluding carboxylic acids is 1. The maximum Gasteiger partial charge on any atom is 0.308 e. The van der Waals surface area contributed by atoms with Crippen molar-refractivity contribution in [2.45, 2.75) is 37.8 Å². The van der Waals surface area contributed by atoms with Gasteiger partial charge in [-0.05, 0) is 19.3 Å². The Kier molecular flexibility index (Phi) is 2.81. The van der Waals surface area contributed by atoms with Crippen LogP contribution in [0.4, 0.5) is 0 Å². The molecule has 0 radical (unpaired) electrons. The first-order valence-electron chi connectivity index (χ1n) is 6.08. The monoisotopic (exact) mass is 266 g/mol. The lowest BCUT2D eigenvalue weighted by molar-refractivity contribution is -0.143. The summed E-state index contributed by atoms with van der Waals surface area (Å²) in [5, 5.41) is 11.0. The summed E-state index contributed by atoms with van der Waals surface area (Å²) in [7, 11) is 0. The van der Waals surface area contributed by atoms with E-state index in [1.54, 1.807) is 10.4 Å². The number of carboxylic acid groups (broad SMARTS) is 1. The van der Waals surface area contributed by atoms with Crippen molar-refractivity contribution < 1.29 is 14.7 Å². The van der Waals surface area contributed by atoms with E-state index in [0.29, 0.717) is 12.8 Å². The maximum absolute atomic E-state index is 12.2. The molecule has 0 spiro atoms. The zero-order chi connectivity index (χ0) is 12.7. The summed E-state index contributed by atoms with van der Waals surface area (Å²) >= 11 is 1.47. The molecule has 3 atom stereocenters. The zero-order valence-corrected chi connectivity index (χ0v) is 10.6. The number of rotatable bonds is 3. The van der Waals surface area contributed by atoms with Gasteiger partial charge in [0.1, 0.15) is 0 Å². The van der Waals surface area contributed by atoms with E-state index in [9.17, 15) is 9.59 Å². The summed E-state index contributed by atoms with van der Waals surface area (Å²) in [6.45, 7) is 0. The molecule has 3 unspecified atom stereocenters. The summed E-state index contributed by atoms with van der Waals surface area (Å²) in [6.07, 6.45) is 2.67. The van der Waals surface area contributed by atoms with Crippen LogP contribution in [-0.2, 0) is 16.0 Å². The van der Waals surface area contributed by atoms with Crippen molar-refractivity contribution in [1.82, 2.24) is 9.88 Å². The Morgan fingerprint density at radius 2 is 2.33 bits per heavy atom. The standard InChI is InChI=1S/C12H14N2O3S/c15-11(3-7-5-18-6-13-7)14-8-1-2-10(14)9(4-8)12(16)17/h5-6,8-10H,1-4H2,(H,16,17). The second-order valence-corrected chi connectivity index (χ2v) is 5.66. The molecule has 2 saturated heterocycles. The number of carboxylic acids is 1. The molecule has 1 aromatic rings. The van der Waals surface area contributed by atoms with E-state index < -0.39 is 5.97 Å². The largest absolute Gasteiger partial charge is 0.481 e. The summed E-state index contributed by atoms with van der Waals surface area (Å²) in [4.78, 5) is 29.3. The van der Waals surface area contributed by atoms with Crippen LogP contribution in [0.1, 0.15) is 25.0 Å². The minimum atomic E-state index is -0.770. The maximum atomic E-state index is 12.2. The summed E-state index contributed by atoms with van der Waals surface area (Å²) in [5.74, 6) is -1.12. The predicted molar refractivity (Wildman–Crippen MR) is 65.2 cm³/mol. The highest BCUT2D eigenvalue weighted by atomic mass is 32.1. The number of carbonyl (C=O) groups is 2. The third kappa shape index (κ3) is 1.80. The molecule has 2 bridgehead atoms. The van der Waals surface area contributed by atoms with Crippen molar-refractivity contribution in [3.63, 3.8) is 0 Å². The molecule has 0 aliphatic carbocycles. The molecule has 1 aromatic heterocycles. The first kappa shape index (κ1) is 11.6. The van der Waals surface area contributed by atoms with Crippen molar-refractivity contribution in [1.29, 1.82) is 0 Å². The second-order valence-electron chi connectivity index (χ2n) is 4.94. The Morgan fingerprint density at radius 3 is 2.94 bits per heavy atom. The Bertz CT molecular complexity index is 474. The third-order valence-corrected chi connectivity index (χ3v) is 4.59. The van der Waals surface area contributed by atoms with Gasteiger partial charge in [-0.25, -0.2) is 4.98 Å². The highest BCUT2D eigenvalue weighted by Gasteiger charge is 2.51. The lowest BCUT2D eigenvalue weighted by Crippen LogP contribution is -2.38. The molecule has 2 fully saturated rings. The van der Waals surface area contributed by atoms with Crippen molar-refractivity contribution in [2.24, 2.45) is 5.92 Å². The van der Waals surface area contributed by atoms with Crippen molar-refractivity contribution in [2.75, 3.05) is 0 Å². The van der Waals surface area contributed by atoms with Crippen LogP contribution in [0.3, 0.4) is 0 Å². The van der Waals surface area contributed by atoms with E-state index in [1.807, 2.05) is 5.38 Å². The number of fused-ring (bicyclic) bond motifs is 2. The topological polar surface area (TPSA) is 70.5 Å². The van der Waals surface area contributed by atoms with E-state index >= 15 is 0 Å². The molecule has 1 amide bonds. The van der Waals surface area contributed by atoms with Gasteiger partial charge in [-0.3, -0.25) is 9.59 Å². The van der Waals surface area contributed by atoms with Crippen molar-refractivity contribution >= 4 is 23.2 Å². The van der Waals surface area contributed by atoms with Gasteiger partial charge in [0.05, 0.1) is 23.5 Å². The molecule has 2 aliphatic heterocycles. The van der Waals surface area contributed by atoms with Crippen LogP contribution < -0.4 is 0 Å². The van der Waals surface area contributed by atoms with Gasteiger partial charge in [0.15, 0.2) is 0 Å². The molecule has 5 nitrogen and oxygen atoms in total. The first-order valence-corrected chi connectivity index (χ1v) is 7.02. The van der Waals surface area contributed by atoms with Crippen LogP contribution in [0.25, 0.3) is 0 Å². The quantitative estimate of drug-likeness (QED) is 0.891. The van der Waals surface area contributed by atoms with Crippen LogP contribution in [0.15, 0.2) is 10.9 Å². The smallest absolute Gasteiger partial charge is 0.308 e. The van der Waals surface area contributed by atoms with Crippen LogP contribution in [0.2, 0.25) is 0 Å². The van der Waals surface area contributed by atoms with Gasteiger partial charge in [-0.15, -0.1) is 11.3 Å². The summed E-state index contributed by atoms with van der Waals surface area (Å²) in [5.41, 5.74) is 2.49. The molecule has 3 heterocycles. The van der Waals surface area contributed by atoms with Crippen LogP contribution >= 0.6 is 11.3 Å². The lowest BCUT2D eigenvalue weighted by Gasteiger charge is -2.22. The number of hydrogen-bond acceptors (Lipinski definition) is 4. The highest BCUT2D eigenvalue weighted by Crippen LogP contribution is 2.42. The molecule has 18 heavy (non-hydrogen) atoms. The number of aromatic nitrogens is 1. The first-order chi connectivity index (χ1) is 8.66. The number of amides is 1. The van der Waals surface area contributed by atoms with Gasteiger partial charge in [0.2, 0.25) is 5.91 Å². The number of nitrogens with zero attached hydrogens (tertiary/aromatic N) is 2. The van der Waals surface area contributed by atoms with Crippen molar-refractivity contribution in [3.8, 4) is 0 Å². The van der Waals surface area contributed by atoms with E-state index in [0.717, 1.165) is 18.5 Å². The Hall–Kier alpha value is -1.43. The van der Waals surface area contributed by atoms with Gasteiger partial charge in [-0.2, -0.15) is 0 Å². The predicted octanol–water partition coefficient (Wildman–Crippen LogP) is 1.15. The Labute approximate surface area is 108 Å². The Balaban J connectivity index is 1.73. The molecular formula is C12H14N2O3S. The number of aliphatic carboxylic acids is 1. The number of thiazole rings is 1. The SMILES string of the molecule is O=C(O)C1CC2CCC1N2C(=O)Cc1cscn1. The normalized spacial score (nSPS) is 29.8. The van der Waals surface area contributed by atoms with Gasteiger partial charge < -0.3 is 10.0 Å². The molecule has 0 aromatic carbocycles. The van der Waals surface area contributed by atoms with E-state index in [2.05, 4.69) is 4.98 Å². The molecule has 6 heteroatoms. The van der Waals surface area contributed by atoms with Crippen LogP contribution in [0.5, 0.6) is 0 Å². The second kappa shape index (κ2) is 4.35. The number of hydrogen-bond donors (Lipinski definition) is 1. The van der Waals surface area contributed by atoms with E-state index in [1.165, 1.54) is 11.3 Å². The van der Waals surface area contributed by atoms with Gasteiger partial charge in [0.25, 0.3) is 0 Å². The van der Waals surface area contributed by atoms with Crippen LogP contribution in [-0.4, -0.2) is 39.0 Å². The summed E-state index contributed by atoms with van der Waals surface area (Å²) in [6, 6.07) is 0.0286. The fraction of sp³-hybridized carbons (Fsp3) is 0.583. The molecule has 2 aliphatic rings. The molecule has 3 rings (SSSR count). The van der Waals surface area contributed by atoms with Gasteiger partial charge >= 0.3 is 5.97 Å². The molecule has 96 valence electrons. The van der Waals surface area contributed by atoms with E-state index in [4.69, 9.17) is 5.11 Å². The third-order valence-electron chi connectivity index (χ3n) is 3.96. The summed E-state index contributed by atoms with van der Waals surface area (Å²) < 4.78 is 0. The highest BCUT2D eigenvalue weighted by molar-refractivity contribution is 7.07. The minimum absolute atomic E-state index is 0.0251. The average Bonchev–Trinajstić information content (AvgIpc) is 3.02. The minimum Gasteiger partial charge on any atom is -0.481 e. The fourth-order valence-electron chi connectivity index (χ4n) is 3.21. The van der Waals surface area contributed by atoms with E-state index in [-0.39, 0.29) is 23.9 Å².